The molecule has 0 fully saturated rings. The summed E-state index contributed by atoms with van der Waals surface area (Å²) in [6.07, 6.45) is 0. The molecule has 0 aromatic carbocycles. The fraction of sp³-hybridized carbons (Fsp3) is 1.00. The molecule has 5 heteroatoms. The molecule has 0 aliphatic heterocycles. The second kappa shape index (κ2) is 9.31. The van der Waals surface area contributed by atoms with E-state index in [0.717, 1.165) is 0 Å². The SMILES string of the molecule is C.ClB(Cl)Cl.N. The second-order valence-electron chi connectivity index (χ2n) is 0.247. The van der Waals surface area contributed by atoms with Crippen LogP contribution in [-0.2, 0) is 0 Å². The van der Waals surface area contributed by atoms with E-state index in [1.807, 2.05) is 0 Å². The molecule has 0 rings (SSSR count). The number of hydrogen-bond donors (Lipinski definition) is 1. The maximum absolute atomic E-state index is 4.81. The highest BCUT2D eigenvalue weighted by Gasteiger charge is 1.91. The van der Waals surface area contributed by atoms with Crippen molar-refractivity contribution in [2.75, 3.05) is 0 Å². The third kappa shape index (κ3) is 92.7. The van der Waals surface area contributed by atoms with Gasteiger partial charge in [0.2, 0.25) is 0 Å². The van der Waals surface area contributed by atoms with Gasteiger partial charge in [0, 0.05) is 0 Å². The van der Waals surface area contributed by atoms with Crippen molar-refractivity contribution < 1.29 is 0 Å². The van der Waals surface area contributed by atoms with Gasteiger partial charge >= 0.3 is 4.96 Å². The van der Waals surface area contributed by atoms with Gasteiger partial charge in [0.25, 0.3) is 0 Å². The Bertz CT molecular complexity index is 15.5. The highest BCUT2D eigenvalue weighted by molar-refractivity contribution is 7.54. The van der Waals surface area contributed by atoms with Gasteiger partial charge in [-0.05, 0) is 0 Å². The first-order valence-electron chi connectivity index (χ1n) is 0.655. The molecule has 1 nitrogen and oxygen atoms in total. The maximum atomic E-state index is 4.81. The van der Waals surface area contributed by atoms with Crippen LogP contribution in [0.2, 0.25) is 0 Å². The van der Waals surface area contributed by atoms with Gasteiger partial charge < -0.3 is 6.15 Å². The zero-order chi connectivity index (χ0) is 3.58. The molecule has 0 amide bonds. The van der Waals surface area contributed by atoms with E-state index in [-0.39, 0.29) is 13.6 Å². The minimum absolute atomic E-state index is 0. The molecule has 0 aromatic heterocycles. The van der Waals surface area contributed by atoms with Crippen LogP contribution in [0.1, 0.15) is 7.43 Å². The van der Waals surface area contributed by atoms with Gasteiger partial charge in [-0.15, -0.1) is 0 Å². The quantitative estimate of drug-likeness (QED) is 0.529. The Morgan fingerprint density at radius 1 is 1.00 bits per heavy atom. The van der Waals surface area contributed by atoms with Crippen LogP contribution in [0.5, 0.6) is 0 Å². The normalized spacial score (nSPS) is 4.50. The molecule has 0 bridgehead atoms. The molecule has 0 saturated heterocycles. The third-order valence-corrected chi connectivity index (χ3v) is 0. The van der Waals surface area contributed by atoms with Crippen LogP contribution in [0.25, 0.3) is 0 Å². The van der Waals surface area contributed by atoms with E-state index in [0.29, 0.717) is 0 Å². The largest absolute Gasteiger partial charge is 0.450 e. The van der Waals surface area contributed by atoms with Crippen LogP contribution >= 0.6 is 34.4 Å². The van der Waals surface area contributed by atoms with Crippen molar-refractivity contribution in [1.82, 2.24) is 6.15 Å². The van der Waals surface area contributed by atoms with Crippen molar-refractivity contribution >= 4 is 39.3 Å². The van der Waals surface area contributed by atoms with Crippen molar-refractivity contribution in [1.29, 1.82) is 0 Å². The van der Waals surface area contributed by atoms with Crippen LogP contribution in [0, 0.1) is 0 Å². The van der Waals surface area contributed by atoms with Crippen molar-refractivity contribution in [2.45, 2.75) is 7.43 Å². The molecular formula is CH7BCl3N. The molecule has 40 valence electrons. The summed E-state index contributed by atoms with van der Waals surface area (Å²) in [5.41, 5.74) is 0. The number of hydrogen-bond acceptors (Lipinski definition) is 1. The standard InChI is InChI=1S/CH4.BCl3.H3N/c;2-1(3)4;/h1H4;;1H3. The summed E-state index contributed by atoms with van der Waals surface area (Å²) in [6.45, 7) is 0. The average molecular weight is 150 g/mol. The zero-order valence-corrected chi connectivity index (χ0v) is 4.69. The maximum Gasteiger partial charge on any atom is 0.450 e. The molecule has 0 spiro atoms. The molecule has 3 N–H and O–H groups in total. The molecule has 0 aliphatic rings. The fourth-order valence-electron chi connectivity index (χ4n) is 0. The monoisotopic (exact) mass is 149 g/mol. The molecule has 0 radical (unpaired) electrons. The van der Waals surface area contributed by atoms with Gasteiger partial charge in [-0.2, -0.15) is 34.4 Å². The molecule has 0 aromatic rings. The highest BCUT2D eigenvalue weighted by atomic mass is 35.6. The Morgan fingerprint density at radius 3 is 1.00 bits per heavy atom. The van der Waals surface area contributed by atoms with E-state index in [9.17, 15) is 0 Å². The first-order chi connectivity index (χ1) is 1.73. The Labute approximate surface area is 53.4 Å². The van der Waals surface area contributed by atoms with Crippen LogP contribution in [-0.4, -0.2) is 4.96 Å². The smallest absolute Gasteiger partial charge is 0.344 e. The van der Waals surface area contributed by atoms with E-state index in [2.05, 4.69) is 0 Å². The van der Waals surface area contributed by atoms with Gasteiger partial charge in [-0.3, -0.25) is 0 Å². The minimum atomic E-state index is -0.750. The van der Waals surface area contributed by atoms with Gasteiger partial charge in [0.05, 0.1) is 0 Å². The number of rotatable bonds is 0. The molecule has 0 unspecified atom stereocenters. The molecule has 0 atom stereocenters. The number of halogens is 3. The van der Waals surface area contributed by atoms with Crippen molar-refractivity contribution in [3.8, 4) is 0 Å². The van der Waals surface area contributed by atoms with Crippen molar-refractivity contribution in [2.24, 2.45) is 0 Å². The van der Waals surface area contributed by atoms with Crippen LogP contribution < -0.4 is 6.15 Å². The first kappa shape index (κ1) is 15.8. The topological polar surface area (TPSA) is 35.0 Å². The molecule has 0 aliphatic carbocycles. The van der Waals surface area contributed by atoms with Crippen LogP contribution in [0.3, 0.4) is 0 Å². The summed E-state index contributed by atoms with van der Waals surface area (Å²) in [5, 5.41) is 0. The molecule has 0 heterocycles. The predicted octanol–water partition coefficient (Wildman–Crippen LogP) is 2.49. The predicted molar refractivity (Wildman–Crippen MR) is 35.1 cm³/mol. The zero-order valence-electron chi connectivity index (χ0n) is 2.42. The lowest BCUT2D eigenvalue weighted by Crippen LogP contribution is -1.66. The second-order valence-corrected chi connectivity index (χ2v) is 2.23. The van der Waals surface area contributed by atoms with Crippen LogP contribution in [0.15, 0.2) is 0 Å². The Kier molecular flexibility index (Phi) is 24.5. The van der Waals surface area contributed by atoms with Crippen molar-refractivity contribution in [3.63, 3.8) is 0 Å². The Balaban J connectivity index is -0.0000000450. The van der Waals surface area contributed by atoms with Gasteiger partial charge in [-0.1, -0.05) is 7.43 Å². The highest BCUT2D eigenvalue weighted by Crippen LogP contribution is 1.97. The van der Waals surface area contributed by atoms with Gasteiger partial charge in [0.15, 0.2) is 0 Å². The Morgan fingerprint density at radius 2 is 1.00 bits per heavy atom. The lowest BCUT2D eigenvalue weighted by atomic mass is 10.7. The summed E-state index contributed by atoms with van der Waals surface area (Å²) in [6, 6.07) is 0. The summed E-state index contributed by atoms with van der Waals surface area (Å²) >= 11 is 14.4. The minimum Gasteiger partial charge on any atom is -0.344 e. The molecule has 0 saturated carbocycles. The van der Waals surface area contributed by atoms with Crippen LogP contribution in [0.4, 0.5) is 0 Å². The lowest BCUT2D eigenvalue weighted by Gasteiger charge is -1.61. The summed E-state index contributed by atoms with van der Waals surface area (Å²) < 4.78 is 0. The lowest BCUT2D eigenvalue weighted by molar-refractivity contribution is 2.13. The van der Waals surface area contributed by atoms with E-state index in [1.165, 1.54) is 0 Å². The third-order valence-electron chi connectivity index (χ3n) is 0. The molecule has 6 heavy (non-hydrogen) atoms. The van der Waals surface area contributed by atoms with Gasteiger partial charge in [-0.25, -0.2) is 0 Å². The average Bonchev–Trinajstić information content (AvgIpc) is 0.811. The van der Waals surface area contributed by atoms with E-state index in [4.69, 9.17) is 34.4 Å². The van der Waals surface area contributed by atoms with E-state index >= 15 is 0 Å². The van der Waals surface area contributed by atoms with E-state index < -0.39 is 4.96 Å². The Hall–Kier alpha value is 0.895. The van der Waals surface area contributed by atoms with Gasteiger partial charge in [0.1, 0.15) is 0 Å². The summed E-state index contributed by atoms with van der Waals surface area (Å²) in [4.78, 5) is -0.750. The first-order valence-corrected chi connectivity index (χ1v) is 1.96. The fourth-order valence-corrected chi connectivity index (χ4v) is 0. The van der Waals surface area contributed by atoms with E-state index in [1.54, 1.807) is 0 Å². The summed E-state index contributed by atoms with van der Waals surface area (Å²) in [5.74, 6) is 0. The molecular weight excluding hydrogens is 143 g/mol. The van der Waals surface area contributed by atoms with Crippen molar-refractivity contribution in [3.05, 3.63) is 0 Å². The summed E-state index contributed by atoms with van der Waals surface area (Å²) in [7, 11) is 0.